The molecule has 0 bridgehead atoms. The molecule has 0 atom stereocenters. The van der Waals surface area contributed by atoms with E-state index in [-0.39, 0.29) is 0 Å². The van der Waals surface area contributed by atoms with E-state index in [1.54, 1.807) is 25.4 Å². The van der Waals surface area contributed by atoms with Crippen LogP contribution in [0.2, 0.25) is 5.02 Å². The van der Waals surface area contributed by atoms with Gasteiger partial charge in [-0.3, -0.25) is 4.98 Å². The summed E-state index contributed by atoms with van der Waals surface area (Å²) in [6, 6.07) is 21.5. The Balaban J connectivity index is 1.81. The first-order valence-electron chi connectivity index (χ1n) is 8.49. The lowest BCUT2D eigenvalue weighted by Gasteiger charge is -2.26. The van der Waals surface area contributed by atoms with Gasteiger partial charge in [-0.15, -0.1) is 0 Å². The van der Waals surface area contributed by atoms with Crippen LogP contribution in [-0.2, 0) is 13.1 Å². The van der Waals surface area contributed by atoms with Crippen molar-refractivity contribution in [3.05, 3.63) is 89.2 Å². The second-order valence-corrected chi connectivity index (χ2v) is 6.76. The van der Waals surface area contributed by atoms with Crippen LogP contribution in [0.3, 0.4) is 0 Å². The predicted octanol–water partition coefficient (Wildman–Crippen LogP) is 5.14. The number of nitrogens with one attached hydrogen (secondary N) is 1. The maximum Gasteiger partial charge on any atom is 0.174 e. The van der Waals surface area contributed by atoms with Crippen molar-refractivity contribution in [3.63, 3.8) is 0 Å². The summed E-state index contributed by atoms with van der Waals surface area (Å²) >= 11 is 11.7. The standard InChI is InChI=1S/C21H20ClN3OS/c1-26-20-13-17(22)10-11-19(20)24-21(27)25(14-16-7-3-2-4-8-16)15-18-9-5-6-12-23-18/h2-13H,14-15H2,1H3,(H,24,27). The lowest BCUT2D eigenvalue weighted by atomic mass is 10.2. The number of thiocarbonyl (C=S) groups is 1. The van der Waals surface area contributed by atoms with E-state index < -0.39 is 0 Å². The molecule has 0 saturated carbocycles. The Morgan fingerprint density at radius 3 is 2.56 bits per heavy atom. The number of anilines is 1. The molecule has 0 spiro atoms. The molecule has 3 rings (SSSR count). The molecule has 0 aliphatic heterocycles. The summed E-state index contributed by atoms with van der Waals surface area (Å²) in [6.07, 6.45) is 1.79. The van der Waals surface area contributed by atoms with E-state index in [0.29, 0.717) is 29.0 Å². The highest BCUT2D eigenvalue weighted by molar-refractivity contribution is 7.80. The molecule has 0 radical (unpaired) electrons. The van der Waals surface area contributed by atoms with Crippen LogP contribution in [0.4, 0.5) is 5.69 Å². The second kappa shape index (κ2) is 9.35. The van der Waals surface area contributed by atoms with Crippen LogP contribution in [0, 0.1) is 0 Å². The first-order valence-corrected chi connectivity index (χ1v) is 9.27. The average Bonchev–Trinajstić information content (AvgIpc) is 2.70. The zero-order valence-electron chi connectivity index (χ0n) is 14.9. The number of ether oxygens (including phenoxy) is 1. The van der Waals surface area contributed by atoms with E-state index >= 15 is 0 Å². The summed E-state index contributed by atoms with van der Waals surface area (Å²) in [5.41, 5.74) is 2.88. The molecule has 3 aromatic rings. The molecular formula is C21H20ClN3OS. The van der Waals surface area contributed by atoms with Gasteiger partial charge in [-0.25, -0.2) is 0 Å². The number of benzene rings is 2. The quantitative estimate of drug-likeness (QED) is 0.582. The van der Waals surface area contributed by atoms with Crippen molar-refractivity contribution in [1.29, 1.82) is 0 Å². The van der Waals surface area contributed by atoms with Crippen molar-refractivity contribution in [2.75, 3.05) is 12.4 Å². The average molecular weight is 398 g/mol. The molecule has 0 fully saturated rings. The first-order chi connectivity index (χ1) is 13.2. The highest BCUT2D eigenvalue weighted by Gasteiger charge is 2.14. The van der Waals surface area contributed by atoms with E-state index in [2.05, 4.69) is 27.3 Å². The third kappa shape index (κ3) is 5.42. The summed E-state index contributed by atoms with van der Waals surface area (Å²) < 4.78 is 5.41. The fourth-order valence-electron chi connectivity index (χ4n) is 2.65. The highest BCUT2D eigenvalue weighted by Crippen LogP contribution is 2.28. The number of hydrogen-bond donors (Lipinski definition) is 1. The van der Waals surface area contributed by atoms with Gasteiger partial charge in [0.05, 0.1) is 25.0 Å². The van der Waals surface area contributed by atoms with Crippen molar-refractivity contribution in [3.8, 4) is 5.75 Å². The monoisotopic (exact) mass is 397 g/mol. The SMILES string of the molecule is COc1cc(Cl)ccc1NC(=S)N(Cc1ccccc1)Cc1ccccn1. The van der Waals surface area contributed by atoms with E-state index in [1.807, 2.05) is 42.5 Å². The minimum Gasteiger partial charge on any atom is -0.495 e. The molecule has 1 aromatic heterocycles. The third-order valence-electron chi connectivity index (χ3n) is 3.99. The van der Waals surface area contributed by atoms with E-state index in [0.717, 1.165) is 11.4 Å². The van der Waals surface area contributed by atoms with Crippen molar-refractivity contribution in [1.82, 2.24) is 9.88 Å². The van der Waals surface area contributed by atoms with Gasteiger partial charge in [0.1, 0.15) is 5.75 Å². The zero-order chi connectivity index (χ0) is 19.1. The fourth-order valence-corrected chi connectivity index (χ4v) is 3.05. The largest absolute Gasteiger partial charge is 0.495 e. The third-order valence-corrected chi connectivity index (χ3v) is 4.58. The summed E-state index contributed by atoms with van der Waals surface area (Å²) in [5, 5.41) is 4.47. The summed E-state index contributed by atoms with van der Waals surface area (Å²) in [7, 11) is 1.61. The molecule has 0 amide bonds. The van der Waals surface area contributed by atoms with Crippen molar-refractivity contribution in [2.24, 2.45) is 0 Å². The summed E-state index contributed by atoms with van der Waals surface area (Å²) in [6.45, 7) is 1.26. The van der Waals surface area contributed by atoms with Crippen molar-refractivity contribution in [2.45, 2.75) is 13.1 Å². The molecule has 1 heterocycles. The maximum atomic E-state index is 6.05. The highest BCUT2D eigenvalue weighted by atomic mass is 35.5. The normalized spacial score (nSPS) is 10.3. The first kappa shape index (κ1) is 19.1. The van der Waals surface area contributed by atoms with Gasteiger partial charge >= 0.3 is 0 Å². The van der Waals surface area contributed by atoms with Crippen LogP contribution >= 0.6 is 23.8 Å². The van der Waals surface area contributed by atoms with Crippen LogP contribution in [-0.4, -0.2) is 22.1 Å². The molecule has 0 aliphatic carbocycles. The Morgan fingerprint density at radius 2 is 1.85 bits per heavy atom. The topological polar surface area (TPSA) is 37.4 Å². The van der Waals surface area contributed by atoms with Gasteiger partial charge in [0.2, 0.25) is 0 Å². The molecule has 138 valence electrons. The Morgan fingerprint density at radius 1 is 1.07 bits per heavy atom. The minimum atomic E-state index is 0.588. The molecule has 0 aliphatic rings. The number of pyridine rings is 1. The maximum absolute atomic E-state index is 6.05. The van der Waals surface area contributed by atoms with Gasteiger partial charge < -0.3 is 15.0 Å². The van der Waals surface area contributed by atoms with Gasteiger partial charge in [-0.2, -0.15) is 0 Å². The zero-order valence-corrected chi connectivity index (χ0v) is 16.5. The molecular weight excluding hydrogens is 378 g/mol. The number of methoxy groups -OCH3 is 1. The lowest BCUT2D eigenvalue weighted by Crippen LogP contribution is -2.34. The van der Waals surface area contributed by atoms with Crippen LogP contribution in [0.5, 0.6) is 5.75 Å². The second-order valence-electron chi connectivity index (χ2n) is 5.94. The van der Waals surface area contributed by atoms with Crippen LogP contribution < -0.4 is 10.1 Å². The minimum absolute atomic E-state index is 0.588. The molecule has 2 aromatic carbocycles. The molecule has 1 N–H and O–H groups in total. The van der Waals surface area contributed by atoms with Gasteiger partial charge in [0.15, 0.2) is 5.11 Å². The van der Waals surface area contributed by atoms with Gasteiger partial charge in [-0.1, -0.05) is 48.0 Å². The Labute approximate surface area is 169 Å². The van der Waals surface area contributed by atoms with Crippen molar-refractivity contribution < 1.29 is 4.74 Å². The molecule has 0 saturated heterocycles. The number of rotatable bonds is 6. The molecule has 0 unspecified atom stereocenters. The van der Waals surface area contributed by atoms with Crippen LogP contribution in [0.1, 0.15) is 11.3 Å². The molecule has 6 heteroatoms. The van der Waals surface area contributed by atoms with E-state index in [9.17, 15) is 0 Å². The lowest BCUT2D eigenvalue weighted by molar-refractivity contribution is 0.405. The Hall–Kier alpha value is -2.63. The van der Waals surface area contributed by atoms with E-state index in [1.165, 1.54) is 5.56 Å². The number of halogens is 1. The van der Waals surface area contributed by atoms with Crippen LogP contribution in [0.25, 0.3) is 0 Å². The fraction of sp³-hybridized carbons (Fsp3) is 0.143. The Kier molecular flexibility index (Phi) is 6.63. The summed E-state index contributed by atoms with van der Waals surface area (Å²) in [4.78, 5) is 6.49. The van der Waals surface area contributed by atoms with E-state index in [4.69, 9.17) is 28.6 Å². The summed E-state index contributed by atoms with van der Waals surface area (Å²) in [5.74, 6) is 0.641. The molecule has 27 heavy (non-hydrogen) atoms. The Bertz CT molecular complexity index is 849. The van der Waals surface area contributed by atoms with Gasteiger partial charge in [-0.05, 0) is 42.0 Å². The van der Waals surface area contributed by atoms with Crippen LogP contribution in [0.15, 0.2) is 72.9 Å². The number of hydrogen-bond acceptors (Lipinski definition) is 3. The predicted molar refractivity (Wildman–Crippen MR) is 114 cm³/mol. The van der Waals surface area contributed by atoms with Gasteiger partial charge in [0.25, 0.3) is 0 Å². The van der Waals surface area contributed by atoms with Gasteiger partial charge in [0, 0.05) is 23.8 Å². The number of aromatic nitrogens is 1. The molecule has 4 nitrogen and oxygen atoms in total. The number of nitrogens with zero attached hydrogens (tertiary/aromatic N) is 2. The smallest absolute Gasteiger partial charge is 0.174 e. The van der Waals surface area contributed by atoms with Crippen molar-refractivity contribution >= 4 is 34.6 Å².